The maximum atomic E-state index is 5.99. The number of nitrogens with one attached hydrogen (secondary N) is 1. The highest BCUT2D eigenvalue weighted by Gasteiger charge is 2.39. The fourth-order valence-electron chi connectivity index (χ4n) is 3.18. The lowest BCUT2D eigenvalue weighted by Gasteiger charge is -2.44. The largest absolute Gasteiger partial charge is 0.320 e. The Labute approximate surface area is 128 Å². The third-order valence-electron chi connectivity index (χ3n) is 4.39. The molecule has 0 aromatic heterocycles. The second kappa shape index (κ2) is 7.52. The van der Waals surface area contributed by atoms with E-state index >= 15 is 0 Å². The van der Waals surface area contributed by atoms with Crippen LogP contribution >= 0.6 is 24.0 Å². The van der Waals surface area contributed by atoms with Crippen LogP contribution in [0.3, 0.4) is 0 Å². The van der Waals surface area contributed by atoms with Gasteiger partial charge < -0.3 is 5.32 Å². The van der Waals surface area contributed by atoms with Crippen LogP contribution in [0.2, 0.25) is 5.02 Å². The maximum absolute atomic E-state index is 5.99. The van der Waals surface area contributed by atoms with Crippen LogP contribution in [0.1, 0.15) is 44.6 Å². The average molecular weight is 302 g/mol. The molecule has 0 saturated heterocycles. The molecule has 19 heavy (non-hydrogen) atoms. The molecule has 0 bridgehead atoms. The van der Waals surface area contributed by atoms with E-state index in [0.29, 0.717) is 5.41 Å². The average Bonchev–Trinajstić information content (AvgIpc) is 2.32. The minimum Gasteiger partial charge on any atom is -0.320 e. The Hall–Kier alpha value is -0.240. The summed E-state index contributed by atoms with van der Waals surface area (Å²) in [5.74, 6) is 0.786. The third kappa shape index (κ3) is 4.11. The predicted octanol–water partition coefficient (Wildman–Crippen LogP) is 4.82. The molecule has 1 N–H and O–H groups in total. The lowest BCUT2D eigenvalue weighted by molar-refractivity contribution is 0.190. The van der Waals surface area contributed by atoms with Gasteiger partial charge in [0, 0.05) is 5.02 Å². The minimum absolute atomic E-state index is 0. The quantitative estimate of drug-likeness (QED) is 0.794. The summed E-state index contributed by atoms with van der Waals surface area (Å²) >= 11 is 5.99. The van der Waals surface area contributed by atoms with E-state index in [0.717, 1.165) is 17.5 Å². The molecule has 1 fully saturated rings. The summed E-state index contributed by atoms with van der Waals surface area (Å²) in [7, 11) is 2.03. The second-order valence-electron chi connectivity index (χ2n) is 5.84. The van der Waals surface area contributed by atoms with Gasteiger partial charge in [0.2, 0.25) is 0 Å². The molecule has 0 heterocycles. The maximum Gasteiger partial charge on any atom is 0.0406 e. The van der Waals surface area contributed by atoms with Crippen molar-refractivity contribution in [1.82, 2.24) is 5.32 Å². The Kier molecular flexibility index (Phi) is 6.65. The van der Waals surface area contributed by atoms with E-state index < -0.39 is 0 Å². The van der Waals surface area contributed by atoms with Gasteiger partial charge in [0.25, 0.3) is 0 Å². The van der Waals surface area contributed by atoms with Crippen molar-refractivity contribution in [3.8, 4) is 0 Å². The fourth-order valence-corrected chi connectivity index (χ4v) is 3.30. The first kappa shape index (κ1) is 16.8. The first-order chi connectivity index (χ1) is 8.66. The van der Waals surface area contributed by atoms with Crippen LogP contribution in [0.15, 0.2) is 24.3 Å². The molecule has 0 aliphatic heterocycles. The van der Waals surface area contributed by atoms with E-state index in [4.69, 9.17) is 11.6 Å². The predicted molar refractivity (Wildman–Crippen MR) is 86.6 cm³/mol. The highest BCUT2D eigenvalue weighted by atomic mass is 35.5. The highest BCUT2D eigenvalue weighted by molar-refractivity contribution is 6.30. The lowest BCUT2D eigenvalue weighted by atomic mass is 9.60. The van der Waals surface area contributed by atoms with Crippen LogP contribution in [0.5, 0.6) is 0 Å². The van der Waals surface area contributed by atoms with Crippen molar-refractivity contribution >= 4 is 24.0 Å². The van der Waals surface area contributed by atoms with Crippen LogP contribution in [-0.2, 0) is 5.41 Å². The highest BCUT2D eigenvalue weighted by Crippen LogP contribution is 2.48. The SMILES string of the molecule is CNCCC(C)CC1(c2ccc(Cl)cc2)CCC1.Cl. The molecule has 1 aromatic rings. The lowest BCUT2D eigenvalue weighted by Crippen LogP contribution is -2.36. The van der Waals surface area contributed by atoms with E-state index in [1.54, 1.807) is 0 Å². The van der Waals surface area contributed by atoms with Crippen molar-refractivity contribution in [2.24, 2.45) is 5.92 Å². The molecular formula is C16H25Cl2N. The Bertz CT molecular complexity index is 371. The zero-order chi connectivity index (χ0) is 13.0. The molecule has 1 aliphatic rings. The molecule has 1 nitrogen and oxygen atoms in total. The summed E-state index contributed by atoms with van der Waals surface area (Å²) in [5.41, 5.74) is 1.94. The summed E-state index contributed by atoms with van der Waals surface area (Å²) in [4.78, 5) is 0. The molecule has 0 amide bonds. The van der Waals surface area contributed by atoms with Crippen molar-refractivity contribution in [3.63, 3.8) is 0 Å². The van der Waals surface area contributed by atoms with E-state index in [-0.39, 0.29) is 12.4 Å². The zero-order valence-electron chi connectivity index (χ0n) is 11.9. The molecule has 2 rings (SSSR count). The minimum atomic E-state index is 0. The van der Waals surface area contributed by atoms with Crippen molar-refractivity contribution in [3.05, 3.63) is 34.9 Å². The van der Waals surface area contributed by atoms with Crippen molar-refractivity contribution in [2.45, 2.75) is 44.4 Å². The van der Waals surface area contributed by atoms with Gasteiger partial charge in [-0.1, -0.05) is 37.1 Å². The molecule has 108 valence electrons. The van der Waals surface area contributed by atoms with Gasteiger partial charge in [-0.2, -0.15) is 0 Å². The Balaban J connectivity index is 0.00000180. The number of hydrogen-bond donors (Lipinski definition) is 1. The van der Waals surface area contributed by atoms with Crippen LogP contribution in [-0.4, -0.2) is 13.6 Å². The van der Waals surface area contributed by atoms with Crippen LogP contribution in [0.25, 0.3) is 0 Å². The first-order valence-electron chi connectivity index (χ1n) is 7.07. The molecule has 1 saturated carbocycles. The monoisotopic (exact) mass is 301 g/mol. The van der Waals surface area contributed by atoms with Crippen molar-refractivity contribution in [1.29, 1.82) is 0 Å². The van der Waals surface area contributed by atoms with Crippen LogP contribution < -0.4 is 5.32 Å². The Morgan fingerprint density at radius 3 is 2.37 bits per heavy atom. The van der Waals surface area contributed by atoms with E-state index in [1.165, 1.54) is 37.7 Å². The zero-order valence-corrected chi connectivity index (χ0v) is 13.5. The summed E-state index contributed by atoms with van der Waals surface area (Å²) in [5, 5.41) is 4.09. The summed E-state index contributed by atoms with van der Waals surface area (Å²) in [6.07, 6.45) is 6.65. The molecule has 1 atom stereocenters. The summed E-state index contributed by atoms with van der Waals surface area (Å²) in [6, 6.07) is 8.53. The number of rotatable bonds is 6. The Morgan fingerprint density at radius 1 is 1.26 bits per heavy atom. The number of halogens is 2. The molecule has 0 radical (unpaired) electrons. The van der Waals surface area contributed by atoms with Crippen molar-refractivity contribution in [2.75, 3.05) is 13.6 Å². The molecule has 1 unspecified atom stereocenters. The molecule has 0 spiro atoms. The number of hydrogen-bond acceptors (Lipinski definition) is 1. The van der Waals surface area contributed by atoms with Gasteiger partial charge in [0.15, 0.2) is 0 Å². The number of benzene rings is 1. The second-order valence-corrected chi connectivity index (χ2v) is 6.28. The molecular weight excluding hydrogens is 277 g/mol. The van der Waals surface area contributed by atoms with Gasteiger partial charge >= 0.3 is 0 Å². The first-order valence-corrected chi connectivity index (χ1v) is 7.45. The molecule has 1 aliphatic carbocycles. The van der Waals surface area contributed by atoms with Gasteiger partial charge in [-0.05, 0) is 68.3 Å². The van der Waals surface area contributed by atoms with E-state index in [1.807, 2.05) is 19.2 Å². The van der Waals surface area contributed by atoms with Gasteiger partial charge in [-0.3, -0.25) is 0 Å². The smallest absolute Gasteiger partial charge is 0.0406 e. The van der Waals surface area contributed by atoms with E-state index in [9.17, 15) is 0 Å². The fraction of sp³-hybridized carbons (Fsp3) is 0.625. The normalized spacial score (nSPS) is 18.3. The molecule has 3 heteroatoms. The van der Waals surface area contributed by atoms with Gasteiger partial charge in [0.1, 0.15) is 0 Å². The molecule has 1 aromatic carbocycles. The van der Waals surface area contributed by atoms with Crippen molar-refractivity contribution < 1.29 is 0 Å². The Morgan fingerprint density at radius 2 is 1.89 bits per heavy atom. The summed E-state index contributed by atoms with van der Waals surface area (Å²) in [6.45, 7) is 3.51. The van der Waals surface area contributed by atoms with Crippen LogP contribution in [0.4, 0.5) is 0 Å². The van der Waals surface area contributed by atoms with Gasteiger partial charge in [-0.15, -0.1) is 12.4 Å². The summed E-state index contributed by atoms with van der Waals surface area (Å²) < 4.78 is 0. The third-order valence-corrected chi connectivity index (χ3v) is 4.65. The van der Waals surface area contributed by atoms with Gasteiger partial charge in [-0.25, -0.2) is 0 Å². The van der Waals surface area contributed by atoms with E-state index in [2.05, 4.69) is 24.4 Å². The standard InChI is InChI=1S/C16H24ClN.ClH/c1-13(8-11-18-2)12-16(9-3-10-16)14-4-6-15(17)7-5-14;/h4-7,13,18H,3,8-12H2,1-2H3;1H. The van der Waals surface area contributed by atoms with Gasteiger partial charge in [0.05, 0.1) is 0 Å². The topological polar surface area (TPSA) is 12.0 Å². The van der Waals surface area contributed by atoms with Crippen LogP contribution in [0, 0.1) is 5.92 Å².